The molecule has 4 heteroatoms. The molecule has 0 N–H and O–H groups in total. The molecule has 0 spiro atoms. The van der Waals surface area contributed by atoms with Crippen molar-refractivity contribution in [2.75, 3.05) is 13.7 Å². The van der Waals surface area contributed by atoms with Crippen LogP contribution in [-0.4, -0.2) is 23.5 Å². The van der Waals surface area contributed by atoms with Gasteiger partial charge in [-0.2, -0.15) is 0 Å². The van der Waals surface area contributed by atoms with E-state index < -0.39 is 12.7 Å². The number of benzene rings is 1. The lowest BCUT2D eigenvalue weighted by Crippen LogP contribution is -2.33. The molecule has 0 aliphatic carbocycles. The summed E-state index contributed by atoms with van der Waals surface area (Å²) in [6, 6.07) is 10.3. The van der Waals surface area contributed by atoms with Gasteiger partial charge in [-0.15, -0.1) is 0 Å². The quantitative estimate of drug-likeness (QED) is 0.258. The maximum Gasteiger partial charge on any atom is 0.277 e. The number of hydrogen-bond donors (Lipinski definition) is 0. The summed E-state index contributed by atoms with van der Waals surface area (Å²) in [6.07, 6.45) is 7.21. The summed E-state index contributed by atoms with van der Waals surface area (Å²) in [6.45, 7) is 15.5. The molecule has 1 aromatic carbocycles. The van der Waals surface area contributed by atoms with Gasteiger partial charge in [0, 0.05) is 6.04 Å². The zero-order chi connectivity index (χ0) is 21.4. The van der Waals surface area contributed by atoms with Gasteiger partial charge in [0.15, 0.2) is 0 Å². The summed E-state index contributed by atoms with van der Waals surface area (Å²) < 4.78 is 22.6. The first-order valence-electron chi connectivity index (χ1n) is 11.0. The highest BCUT2D eigenvalue weighted by molar-refractivity contribution is 7.58. The Bertz CT molecular complexity index is 611. The summed E-state index contributed by atoms with van der Waals surface area (Å²) in [5.41, 5.74) is 1.24. The van der Waals surface area contributed by atoms with Crippen molar-refractivity contribution in [1.82, 2.24) is 4.67 Å². The molecule has 0 amide bonds. The molecule has 0 heterocycles. The van der Waals surface area contributed by atoms with Crippen LogP contribution >= 0.6 is 7.52 Å². The average molecular weight is 410 g/mol. The van der Waals surface area contributed by atoms with Gasteiger partial charge in [-0.05, 0) is 58.6 Å². The third-order valence-corrected chi connectivity index (χ3v) is 9.53. The summed E-state index contributed by atoms with van der Waals surface area (Å²) >= 11 is 0. The number of hydrogen-bond acceptors (Lipinski definition) is 2. The van der Waals surface area contributed by atoms with E-state index in [0.717, 1.165) is 18.4 Å². The normalized spacial score (nSPS) is 17.9. The molecule has 0 aliphatic heterocycles. The molecule has 28 heavy (non-hydrogen) atoms. The Balaban J connectivity index is 2.96. The second-order valence-corrected chi connectivity index (χ2v) is 12.9. The van der Waals surface area contributed by atoms with Crippen molar-refractivity contribution in [2.45, 2.75) is 98.2 Å². The predicted octanol–water partition coefficient (Wildman–Crippen LogP) is 8.07. The van der Waals surface area contributed by atoms with E-state index in [0.29, 0.717) is 6.61 Å². The van der Waals surface area contributed by atoms with E-state index in [2.05, 4.69) is 39.8 Å². The van der Waals surface area contributed by atoms with E-state index in [9.17, 15) is 4.57 Å². The van der Waals surface area contributed by atoms with Crippen molar-refractivity contribution in [1.29, 1.82) is 0 Å². The smallest absolute Gasteiger partial charge is 0.277 e. The Kier molecular flexibility index (Phi) is 9.94. The van der Waals surface area contributed by atoms with Gasteiger partial charge in [0.05, 0.1) is 11.8 Å². The lowest BCUT2D eigenvalue weighted by atomic mass is 9.83. The van der Waals surface area contributed by atoms with Gasteiger partial charge in [0.2, 0.25) is 0 Å². The molecule has 0 aliphatic rings. The minimum absolute atomic E-state index is 0.0312. The van der Waals surface area contributed by atoms with Gasteiger partial charge in [-0.1, -0.05) is 76.8 Å². The Labute approximate surface area is 174 Å². The molecule has 162 valence electrons. The third kappa shape index (κ3) is 6.71. The molecule has 0 bridgehead atoms. The Morgan fingerprint density at radius 2 is 1.64 bits per heavy atom. The summed E-state index contributed by atoms with van der Waals surface area (Å²) in [7, 11) is -1.08. The molecular weight excluding hydrogens is 365 g/mol. The van der Waals surface area contributed by atoms with Gasteiger partial charge in [0.1, 0.15) is 0 Å². The van der Waals surface area contributed by atoms with E-state index in [4.69, 9.17) is 4.52 Å². The van der Waals surface area contributed by atoms with Gasteiger partial charge in [0.25, 0.3) is 7.52 Å². The van der Waals surface area contributed by atoms with Crippen LogP contribution in [0.3, 0.4) is 0 Å². The summed E-state index contributed by atoms with van der Waals surface area (Å²) in [5, 5.41) is -0.443. The Hall–Kier alpha value is -0.630. The van der Waals surface area contributed by atoms with Gasteiger partial charge in [-0.25, -0.2) is 4.67 Å². The van der Waals surface area contributed by atoms with Crippen LogP contribution in [0.1, 0.15) is 98.6 Å². The topological polar surface area (TPSA) is 29.5 Å². The van der Waals surface area contributed by atoms with Crippen molar-refractivity contribution < 1.29 is 9.09 Å². The highest BCUT2D eigenvalue weighted by Crippen LogP contribution is 2.64. The fourth-order valence-corrected chi connectivity index (χ4v) is 6.10. The largest absolute Gasteiger partial charge is 0.316 e. The lowest BCUT2D eigenvalue weighted by Gasteiger charge is -2.42. The third-order valence-electron chi connectivity index (χ3n) is 6.18. The SMILES string of the molecule is CCCCCCC(C)(CC)COP(=O)(N(C)[C@H](C)c1ccccc1)C(C)(C)C. The molecule has 0 radical (unpaired) electrons. The predicted molar refractivity (Wildman–Crippen MR) is 123 cm³/mol. The van der Waals surface area contributed by atoms with E-state index in [1.807, 2.05) is 50.7 Å². The molecule has 2 unspecified atom stereocenters. The van der Waals surface area contributed by atoms with Crippen LogP contribution in [0.25, 0.3) is 0 Å². The number of rotatable bonds is 12. The van der Waals surface area contributed by atoms with Crippen molar-refractivity contribution in [3.8, 4) is 0 Å². The minimum atomic E-state index is -3.04. The molecule has 0 aromatic heterocycles. The average Bonchev–Trinajstić information content (AvgIpc) is 2.68. The van der Waals surface area contributed by atoms with Crippen LogP contribution in [0.5, 0.6) is 0 Å². The van der Waals surface area contributed by atoms with Crippen molar-refractivity contribution in [3.63, 3.8) is 0 Å². The van der Waals surface area contributed by atoms with E-state index in [-0.39, 0.29) is 11.5 Å². The maximum absolute atomic E-state index is 14.2. The highest BCUT2D eigenvalue weighted by atomic mass is 31.2. The first kappa shape index (κ1) is 25.4. The molecule has 1 aromatic rings. The monoisotopic (exact) mass is 409 g/mol. The number of nitrogens with zero attached hydrogens (tertiary/aromatic N) is 1. The van der Waals surface area contributed by atoms with Gasteiger partial charge < -0.3 is 4.52 Å². The standard InChI is InChI=1S/C24H44NO2P/c1-9-11-12-16-19-24(7,10-2)20-27-28(26,23(4,5)6)25(8)21(3)22-17-14-13-15-18-22/h13-15,17-18,21H,9-12,16,19-20H2,1-8H3/t21-,24?,28?/m1/s1. The molecular formula is C24H44NO2P. The second kappa shape index (κ2) is 11.0. The Morgan fingerprint density at radius 1 is 1.04 bits per heavy atom. The van der Waals surface area contributed by atoms with Crippen LogP contribution in [0, 0.1) is 5.41 Å². The highest BCUT2D eigenvalue weighted by Gasteiger charge is 2.45. The molecule has 1 rings (SSSR count). The van der Waals surface area contributed by atoms with Crippen molar-refractivity contribution >= 4 is 7.52 Å². The van der Waals surface area contributed by atoms with E-state index in [1.54, 1.807) is 0 Å². The zero-order valence-electron chi connectivity index (χ0n) is 19.6. The molecule has 0 saturated carbocycles. The zero-order valence-corrected chi connectivity index (χ0v) is 20.5. The molecule has 3 nitrogen and oxygen atoms in total. The van der Waals surface area contributed by atoms with Crippen LogP contribution < -0.4 is 0 Å². The van der Waals surface area contributed by atoms with E-state index in [1.165, 1.54) is 25.7 Å². The van der Waals surface area contributed by atoms with Crippen LogP contribution in [-0.2, 0) is 9.09 Å². The molecule has 0 fully saturated rings. The summed E-state index contributed by atoms with van der Waals surface area (Å²) in [4.78, 5) is 0. The minimum Gasteiger partial charge on any atom is -0.316 e. The fourth-order valence-electron chi connectivity index (χ4n) is 3.51. The van der Waals surface area contributed by atoms with Crippen LogP contribution in [0.15, 0.2) is 30.3 Å². The van der Waals surface area contributed by atoms with E-state index >= 15 is 0 Å². The van der Waals surface area contributed by atoms with Gasteiger partial charge in [-0.3, -0.25) is 4.57 Å². The Morgan fingerprint density at radius 3 is 2.14 bits per heavy atom. The first-order valence-corrected chi connectivity index (χ1v) is 12.6. The second-order valence-electron chi connectivity index (χ2n) is 9.60. The number of unbranched alkanes of at least 4 members (excludes halogenated alkanes) is 3. The first-order chi connectivity index (χ1) is 13.0. The maximum atomic E-state index is 14.2. The van der Waals surface area contributed by atoms with Crippen molar-refractivity contribution in [2.24, 2.45) is 5.41 Å². The lowest BCUT2D eigenvalue weighted by molar-refractivity contribution is 0.125. The fraction of sp³-hybridized carbons (Fsp3) is 0.750. The van der Waals surface area contributed by atoms with Crippen LogP contribution in [0.4, 0.5) is 0 Å². The molecule has 0 saturated heterocycles. The van der Waals surface area contributed by atoms with Crippen LogP contribution in [0.2, 0.25) is 0 Å². The van der Waals surface area contributed by atoms with Gasteiger partial charge >= 0.3 is 0 Å². The summed E-state index contributed by atoms with van der Waals surface area (Å²) in [5.74, 6) is 0. The molecule has 3 atom stereocenters. The van der Waals surface area contributed by atoms with Crippen molar-refractivity contribution in [3.05, 3.63) is 35.9 Å².